The number of amides is 1. The van der Waals surface area contributed by atoms with Crippen molar-refractivity contribution in [3.8, 4) is 5.75 Å². The van der Waals surface area contributed by atoms with E-state index in [9.17, 15) is 4.79 Å². The Balaban J connectivity index is 1.31. The molecule has 1 aromatic heterocycles. The first-order chi connectivity index (χ1) is 18.6. The third-order valence-corrected chi connectivity index (χ3v) is 8.07. The molecule has 1 N–H and O–H groups in total. The number of rotatable bonds is 18. The number of ether oxygens (including phenoxy) is 1. The summed E-state index contributed by atoms with van der Waals surface area (Å²) in [5.41, 5.74) is 5.67. The summed E-state index contributed by atoms with van der Waals surface area (Å²) in [4.78, 5) is 12.7. The lowest BCUT2D eigenvalue weighted by atomic mass is 10.1. The molecule has 0 aliphatic heterocycles. The van der Waals surface area contributed by atoms with E-state index in [0.29, 0.717) is 22.9 Å². The minimum absolute atomic E-state index is 0.178. The van der Waals surface area contributed by atoms with Crippen molar-refractivity contribution in [1.29, 1.82) is 0 Å². The van der Waals surface area contributed by atoms with Crippen LogP contribution in [-0.2, 0) is 6.54 Å². The van der Waals surface area contributed by atoms with E-state index in [1.165, 1.54) is 76.3 Å². The van der Waals surface area contributed by atoms with Crippen molar-refractivity contribution in [2.45, 2.75) is 97.4 Å². The quantitative estimate of drug-likeness (QED) is 0.125. The first kappa shape index (κ1) is 30.2. The number of halogens is 1. The molecule has 1 amide bonds. The van der Waals surface area contributed by atoms with Crippen LogP contribution in [0.1, 0.15) is 106 Å². The lowest BCUT2D eigenvalue weighted by Crippen LogP contribution is -2.34. The van der Waals surface area contributed by atoms with Gasteiger partial charge in [0.25, 0.3) is 5.91 Å². The number of anilines is 1. The fourth-order valence-electron chi connectivity index (χ4n) is 4.49. The van der Waals surface area contributed by atoms with E-state index in [4.69, 9.17) is 16.3 Å². The van der Waals surface area contributed by atoms with E-state index >= 15 is 0 Å². The molecule has 0 unspecified atom stereocenters. The Bertz CT molecular complexity index is 1100. The van der Waals surface area contributed by atoms with Gasteiger partial charge in [0.15, 0.2) is 12.2 Å². The van der Waals surface area contributed by atoms with E-state index in [1.54, 1.807) is 17.4 Å². The number of nitrogens with zero attached hydrogens (tertiary/aromatic N) is 1. The van der Waals surface area contributed by atoms with Crippen LogP contribution in [0.5, 0.6) is 5.75 Å². The summed E-state index contributed by atoms with van der Waals surface area (Å²) in [6.45, 7) is 5.85. The lowest BCUT2D eigenvalue weighted by Gasteiger charge is -2.11. The van der Waals surface area contributed by atoms with Gasteiger partial charge in [-0.05, 0) is 30.7 Å². The number of aromatic nitrogens is 1. The summed E-state index contributed by atoms with van der Waals surface area (Å²) in [6.07, 6.45) is 15.9. The number of hydrogen-bond acceptors (Lipinski definition) is 3. The summed E-state index contributed by atoms with van der Waals surface area (Å²) in [5.74, 6) is 0.560. The van der Waals surface area contributed by atoms with Gasteiger partial charge < -0.3 is 10.1 Å². The van der Waals surface area contributed by atoms with Crippen LogP contribution in [0.15, 0.2) is 53.4 Å². The van der Waals surface area contributed by atoms with Crippen LogP contribution in [0.2, 0.25) is 5.02 Å². The molecule has 2 aromatic carbocycles. The Hall–Kier alpha value is -2.37. The van der Waals surface area contributed by atoms with Crippen LogP contribution in [-0.4, -0.2) is 12.5 Å². The Morgan fingerprint density at radius 3 is 2.11 bits per heavy atom. The molecule has 3 rings (SSSR count). The topological polar surface area (TPSA) is 42.2 Å². The zero-order chi connectivity index (χ0) is 27.0. The van der Waals surface area contributed by atoms with Crippen molar-refractivity contribution in [3.05, 3.63) is 75.2 Å². The molecular weight excluding hydrogens is 512 g/mol. The first-order valence-corrected chi connectivity index (χ1v) is 15.6. The second kappa shape index (κ2) is 17.3. The highest BCUT2D eigenvalue weighted by atomic mass is 35.5. The van der Waals surface area contributed by atoms with Crippen LogP contribution in [0.4, 0.5) is 5.69 Å². The van der Waals surface area contributed by atoms with Crippen LogP contribution in [0, 0.1) is 6.92 Å². The summed E-state index contributed by atoms with van der Waals surface area (Å²) >= 11 is 8.13. The highest BCUT2D eigenvalue weighted by molar-refractivity contribution is 7.07. The van der Waals surface area contributed by atoms with Crippen LogP contribution >= 0.6 is 22.9 Å². The zero-order valence-corrected chi connectivity index (χ0v) is 24.7. The molecule has 6 heteroatoms. The summed E-state index contributed by atoms with van der Waals surface area (Å²) < 4.78 is 8.09. The maximum Gasteiger partial charge on any atom is 0.255 e. The number of hydrogen-bond donors (Lipinski definition) is 1. The van der Waals surface area contributed by atoms with Gasteiger partial charge >= 0.3 is 0 Å². The molecule has 0 atom stereocenters. The molecule has 0 aliphatic rings. The lowest BCUT2D eigenvalue weighted by molar-refractivity contribution is -0.689. The van der Waals surface area contributed by atoms with Gasteiger partial charge in [0.1, 0.15) is 5.75 Å². The number of benzene rings is 2. The summed E-state index contributed by atoms with van der Waals surface area (Å²) in [5, 5.41) is 5.52. The van der Waals surface area contributed by atoms with Gasteiger partial charge in [-0.3, -0.25) is 4.79 Å². The molecule has 3 aromatic rings. The van der Waals surface area contributed by atoms with Crippen molar-refractivity contribution in [2.24, 2.45) is 0 Å². The number of carbonyl (C=O) groups excluding carboxylic acids is 1. The molecular formula is C32H44ClN2O2S+. The fraction of sp³-hybridized carbons (Fsp3) is 0.500. The van der Waals surface area contributed by atoms with E-state index in [2.05, 4.69) is 34.6 Å². The average Bonchev–Trinajstić information content (AvgIpc) is 3.32. The first-order valence-electron chi connectivity index (χ1n) is 14.3. The van der Waals surface area contributed by atoms with Gasteiger partial charge in [0.05, 0.1) is 22.7 Å². The SMILES string of the molecule is CCCCCCCCCCCCCCOc1ccc(NC(=O)c2ccc(C[n+]3cscc3C)cc2)c(Cl)c1. The standard InChI is InChI=1S/C32H43ClN2O2S/c1-3-4-5-6-7-8-9-10-11-12-13-14-21-37-29-19-20-31(30(33)22-29)34-32(36)28-17-15-27(16-18-28)23-35-25-38-24-26(35)2/h15-20,22,24-25H,3-14,21,23H2,1-2H3/p+1. The number of thiazole rings is 1. The second-order valence-corrected chi connectivity index (χ2v) is 11.3. The van der Waals surface area contributed by atoms with Crippen LogP contribution in [0.3, 0.4) is 0 Å². The van der Waals surface area contributed by atoms with Crippen molar-refractivity contribution in [1.82, 2.24) is 0 Å². The molecule has 206 valence electrons. The molecule has 0 saturated carbocycles. The van der Waals surface area contributed by atoms with Crippen molar-refractivity contribution >= 4 is 34.5 Å². The monoisotopic (exact) mass is 555 g/mol. The van der Waals surface area contributed by atoms with Crippen molar-refractivity contribution in [3.63, 3.8) is 0 Å². The Morgan fingerprint density at radius 1 is 0.895 bits per heavy atom. The maximum atomic E-state index is 12.7. The predicted octanol–water partition coefficient (Wildman–Crippen LogP) is 9.38. The number of nitrogens with one attached hydrogen (secondary N) is 1. The molecule has 1 heterocycles. The van der Waals surface area contributed by atoms with E-state index in [1.807, 2.05) is 36.4 Å². The maximum absolute atomic E-state index is 12.7. The second-order valence-electron chi connectivity index (χ2n) is 10.2. The highest BCUT2D eigenvalue weighted by Crippen LogP contribution is 2.27. The Morgan fingerprint density at radius 2 is 1.53 bits per heavy atom. The third kappa shape index (κ3) is 10.8. The van der Waals surface area contributed by atoms with Crippen LogP contribution < -0.4 is 14.6 Å². The molecule has 0 spiro atoms. The molecule has 4 nitrogen and oxygen atoms in total. The molecule has 0 fully saturated rings. The zero-order valence-electron chi connectivity index (χ0n) is 23.1. The molecule has 0 radical (unpaired) electrons. The van der Waals surface area contributed by atoms with E-state index in [-0.39, 0.29) is 5.91 Å². The Kier molecular flexibility index (Phi) is 13.7. The predicted molar refractivity (Wildman–Crippen MR) is 161 cm³/mol. The van der Waals surface area contributed by atoms with Crippen molar-refractivity contribution < 1.29 is 14.1 Å². The van der Waals surface area contributed by atoms with Gasteiger partial charge in [-0.25, -0.2) is 0 Å². The van der Waals surface area contributed by atoms with Gasteiger partial charge in [0.2, 0.25) is 5.51 Å². The number of unbranched alkanes of at least 4 members (excludes halogenated alkanes) is 11. The van der Waals surface area contributed by atoms with Crippen LogP contribution in [0.25, 0.3) is 0 Å². The fourth-order valence-corrected chi connectivity index (χ4v) is 5.49. The highest BCUT2D eigenvalue weighted by Gasteiger charge is 2.12. The smallest absolute Gasteiger partial charge is 0.255 e. The van der Waals surface area contributed by atoms with Gasteiger partial charge in [-0.15, -0.1) is 0 Å². The van der Waals surface area contributed by atoms with E-state index < -0.39 is 0 Å². The number of aryl methyl sites for hydroxylation is 1. The summed E-state index contributed by atoms with van der Waals surface area (Å²) in [6, 6.07) is 13.1. The minimum Gasteiger partial charge on any atom is -0.494 e. The molecule has 0 bridgehead atoms. The molecule has 38 heavy (non-hydrogen) atoms. The van der Waals surface area contributed by atoms with Gasteiger partial charge in [0, 0.05) is 24.1 Å². The average molecular weight is 556 g/mol. The van der Waals surface area contributed by atoms with E-state index in [0.717, 1.165) is 24.3 Å². The normalized spacial score (nSPS) is 11.0. The molecule has 0 saturated heterocycles. The minimum atomic E-state index is -0.178. The van der Waals surface area contributed by atoms with Gasteiger partial charge in [-0.2, -0.15) is 4.57 Å². The summed E-state index contributed by atoms with van der Waals surface area (Å²) in [7, 11) is 0. The third-order valence-electron chi connectivity index (χ3n) is 6.90. The largest absolute Gasteiger partial charge is 0.494 e. The molecule has 0 aliphatic carbocycles. The number of carbonyl (C=O) groups is 1. The van der Waals surface area contributed by atoms with Gasteiger partial charge in [-0.1, -0.05) is 113 Å². The Labute approximate surface area is 238 Å². The van der Waals surface area contributed by atoms with Crippen molar-refractivity contribution in [2.75, 3.05) is 11.9 Å².